The van der Waals surface area contributed by atoms with Crippen molar-refractivity contribution in [2.24, 2.45) is 0 Å². The van der Waals surface area contributed by atoms with Crippen molar-refractivity contribution >= 4 is 23.8 Å². The van der Waals surface area contributed by atoms with Crippen LogP contribution in [0, 0.1) is 0 Å². The molecule has 8 nitrogen and oxygen atoms in total. The Kier molecular flexibility index (Phi) is 15.9. The normalized spacial score (nSPS) is 10.1. The Morgan fingerprint density at radius 2 is 1.00 bits per heavy atom. The highest BCUT2D eigenvalue weighted by molar-refractivity contribution is 5.73. The van der Waals surface area contributed by atoms with Gasteiger partial charge in [0.05, 0.1) is 13.2 Å². The zero-order valence-corrected chi connectivity index (χ0v) is 16.6. The zero-order chi connectivity index (χ0) is 20.3. The van der Waals surface area contributed by atoms with E-state index < -0.39 is 0 Å². The molecule has 0 aromatic heterocycles. The number of ether oxygens (including phenoxy) is 2. The lowest BCUT2D eigenvalue weighted by Crippen LogP contribution is -2.20. The molecule has 0 rings (SSSR count). The van der Waals surface area contributed by atoms with Crippen LogP contribution in [0.3, 0.4) is 0 Å². The molecule has 27 heavy (non-hydrogen) atoms. The van der Waals surface area contributed by atoms with E-state index in [4.69, 9.17) is 9.47 Å². The van der Waals surface area contributed by atoms with Crippen molar-refractivity contribution in [1.82, 2.24) is 10.6 Å². The third-order valence-corrected chi connectivity index (χ3v) is 3.68. The molecule has 0 aliphatic rings. The molecule has 0 saturated heterocycles. The lowest BCUT2D eigenvalue weighted by atomic mass is 10.2. The molecule has 0 radical (unpaired) electrons. The Balaban J connectivity index is 3.36. The van der Waals surface area contributed by atoms with Gasteiger partial charge in [-0.1, -0.05) is 12.8 Å². The molecule has 0 unspecified atom stereocenters. The molecule has 0 aliphatic carbocycles. The lowest BCUT2D eigenvalue weighted by molar-refractivity contribution is -0.146. The standard InChI is InChI=1S/C19H34N2O6/c1-16(22)20-12-7-3-5-10-18(24)26-14-9-15-27-19(25)11-6-4-8-13-21-17(2)23/h3-15H2,1-2H3,(H,20,22)(H,21,23). The predicted octanol–water partition coefficient (Wildman–Crippen LogP) is 1.86. The van der Waals surface area contributed by atoms with Crippen LogP contribution in [0.5, 0.6) is 0 Å². The minimum absolute atomic E-state index is 0.0444. The number of nitrogens with one attached hydrogen (secondary N) is 2. The molecular formula is C19H34N2O6. The van der Waals surface area contributed by atoms with Gasteiger partial charge in [-0.15, -0.1) is 0 Å². The maximum absolute atomic E-state index is 11.5. The van der Waals surface area contributed by atoms with Crippen molar-refractivity contribution in [1.29, 1.82) is 0 Å². The minimum Gasteiger partial charge on any atom is -0.466 e. The minimum atomic E-state index is -0.250. The van der Waals surface area contributed by atoms with Crippen molar-refractivity contribution in [3.8, 4) is 0 Å². The number of carbonyl (C=O) groups excluding carboxylic acids is 4. The Bertz CT molecular complexity index is 413. The van der Waals surface area contributed by atoms with E-state index in [1.807, 2.05) is 0 Å². The third kappa shape index (κ3) is 20.0. The molecule has 0 aromatic rings. The molecule has 0 aromatic carbocycles. The van der Waals surface area contributed by atoms with Crippen molar-refractivity contribution < 1.29 is 28.7 Å². The van der Waals surface area contributed by atoms with Gasteiger partial charge in [-0.25, -0.2) is 0 Å². The van der Waals surface area contributed by atoms with Crippen molar-refractivity contribution in [3.05, 3.63) is 0 Å². The van der Waals surface area contributed by atoms with Gasteiger partial charge in [-0.2, -0.15) is 0 Å². The van der Waals surface area contributed by atoms with E-state index in [0.717, 1.165) is 38.5 Å². The van der Waals surface area contributed by atoms with Gasteiger partial charge in [0, 0.05) is 46.2 Å². The van der Waals surface area contributed by atoms with Crippen LogP contribution < -0.4 is 10.6 Å². The molecule has 2 N–H and O–H groups in total. The highest BCUT2D eigenvalue weighted by Gasteiger charge is 2.05. The summed E-state index contributed by atoms with van der Waals surface area (Å²) < 4.78 is 10.2. The highest BCUT2D eigenvalue weighted by Crippen LogP contribution is 2.03. The Morgan fingerprint density at radius 1 is 0.593 bits per heavy atom. The summed E-state index contributed by atoms with van der Waals surface area (Å²) in [6.07, 6.45) is 6.08. The van der Waals surface area contributed by atoms with Crippen LogP contribution in [0.2, 0.25) is 0 Å². The van der Waals surface area contributed by atoms with E-state index in [2.05, 4.69) is 10.6 Å². The number of hydrogen-bond donors (Lipinski definition) is 2. The molecule has 8 heteroatoms. The molecule has 0 saturated carbocycles. The number of unbranched alkanes of at least 4 members (excludes halogenated alkanes) is 4. The van der Waals surface area contributed by atoms with E-state index >= 15 is 0 Å². The fourth-order valence-corrected chi connectivity index (χ4v) is 2.25. The van der Waals surface area contributed by atoms with Gasteiger partial charge in [-0.05, 0) is 25.7 Å². The molecule has 0 atom stereocenters. The van der Waals surface area contributed by atoms with E-state index in [9.17, 15) is 19.2 Å². The average molecular weight is 386 g/mol. The van der Waals surface area contributed by atoms with Gasteiger partial charge in [0.15, 0.2) is 0 Å². The Labute approximate surface area is 161 Å². The molecule has 2 amide bonds. The number of amides is 2. The Hall–Kier alpha value is -2.12. The molecule has 0 fully saturated rings. The quantitative estimate of drug-likeness (QED) is 0.309. The maximum atomic E-state index is 11.5. The van der Waals surface area contributed by atoms with E-state index in [0.29, 0.717) is 32.4 Å². The summed E-state index contributed by atoms with van der Waals surface area (Å²) >= 11 is 0. The first kappa shape index (κ1) is 24.9. The second kappa shape index (κ2) is 17.3. The molecule has 0 heterocycles. The van der Waals surface area contributed by atoms with Crippen LogP contribution in [-0.2, 0) is 28.7 Å². The summed E-state index contributed by atoms with van der Waals surface area (Å²) in [4.78, 5) is 44.4. The molecular weight excluding hydrogens is 352 g/mol. The second-order valence-corrected chi connectivity index (χ2v) is 6.38. The van der Waals surface area contributed by atoms with Crippen molar-refractivity contribution in [2.45, 2.75) is 71.6 Å². The van der Waals surface area contributed by atoms with Crippen LogP contribution in [0.15, 0.2) is 0 Å². The van der Waals surface area contributed by atoms with E-state index in [1.54, 1.807) is 0 Å². The summed E-state index contributed by atoms with van der Waals surface area (Å²) in [5.74, 6) is -0.589. The van der Waals surface area contributed by atoms with Crippen LogP contribution in [0.1, 0.15) is 71.6 Å². The number of hydrogen-bond acceptors (Lipinski definition) is 6. The van der Waals surface area contributed by atoms with Gasteiger partial charge < -0.3 is 20.1 Å². The van der Waals surface area contributed by atoms with Gasteiger partial charge in [0.25, 0.3) is 0 Å². The fourth-order valence-electron chi connectivity index (χ4n) is 2.25. The summed E-state index contributed by atoms with van der Waals surface area (Å²) in [5.41, 5.74) is 0. The van der Waals surface area contributed by atoms with Gasteiger partial charge in [-0.3, -0.25) is 19.2 Å². The third-order valence-electron chi connectivity index (χ3n) is 3.68. The van der Waals surface area contributed by atoms with Crippen LogP contribution >= 0.6 is 0 Å². The van der Waals surface area contributed by atoms with E-state index in [-0.39, 0.29) is 37.0 Å². The smallest absolute Gasteiger partial charge is 0.305 e. The first-order valence-corrected chi connectivity index (χ1v) is 9.72. The summed E-state index contributed by atoms with van der Waals surface area (Å²) in [7, 11) is 0. The highest BCUT2D eigenvalue weighted by atomic mass is 16.5. The topological polar surface area (TPSA) is 111 Å². The fraction of sp³-hybridized carbons (Fsp3) is 0.789. The lowest BCUT2D eigenvalue weighted by Gasteiger charge is -2.07. The predicted molar refractivity (Wildman–Crippen MR) is 101 cm³/mol. The molecule has 0 spiro atoms. The summed E-state index contributed by atoms with van der Waals surface area (Å²) in [6.45, 7) is 4.70. The number of esters is 2. The van der Waals surface area contributed by atoms with Crippen LogP contribution in [-0.4, -0.2) is 50.1 Å². The van der Waals surface area contributed by atoms with Gasteiger partial charge in [0.1, 0.15) is 0 Å². The first-order valence-electron chi connectivity index (χ1n) is 9.72. The molecule has 156 valence electrons. The summed E-state index contributed by atoms with van der Waals surface area (Å²) in [5, 5.41) is 5.41. The molecule has 0 bridgehead atoms. The second-order valence-electron chi connectivity index (χ2n) is 6.38. The zero-order valence-electron chi connectivity index (χ0n) is 16.6. The monoisotopic (exact) mass is 386 g/mol. The van der Waals surface area contributed by atoms with Gasteiger partial charge in [0.2, 0.25) is 11.8 Å². The average Bonchev–Trinajstić information content (AvgIpc) is 2.60. The number of carbonyl (C=O) groups is 4. The van der Waals surface area contributed by atoms with Gasteiger partial charge >= 0.3 is 11.9 Å². The van der Waals surface area contributed by atoms with Crippen molar-refractivity contribution in [2.75, 3.05) is 26.3 Å². The largest absolute Gasteiger partial charge is 0.466 e. The maximum Gasteiger partial charge on any atom is 0.305 e. The van der Waals surface area contributed by atoms with E-state index in [1.165, 1.54) is 13.8 Å². The SMILES string of the molecule is CC(=O)NCCCCCC(=O)OCCCOC(=O)CCCCCNC(C)=O. The van der Waals surface area contributed by atoms with Crippen LogP contribution in [0.4, 0.5) is 0 Å². The Morgan fingerprint density at radius 3 is 1.37 bits per heavy atom. The van der Waals surface area contributed by atoms with Crippen molar-refractivity contribution in [3.63, 3.8) is 0 Å². The van der Waals surface area contributed by atoms with Crippen LogP contribution in [0.25, 0.3) is 0 Å². The summed E-state index contributed by atoms with van der Waals surface area (Å²) in [6, 6.07) is 0. The number of rotatable bonds is 16. The molecule has 0 aliphatic heterocycles. The first-order chi connectivity index (χ1) is 12.9.